The second-order valence-electron chi connectivity index (χ2n) is 1.59. The van der Waals surface area contributed by atoms with Gasteiger partial charge in [0, 0.05) is 6.92 Å². The van der Waals surface area contributed by atoms with Gasteiger partial charge < -0.3 is 0 Å². The summed E-state index contributed by atoms with van der Waals surface area (Å²) in [7, 11) is 0. The Bertz CT molecular complexity index is 82.2. The van der Waals surface area contributed by atoms with Crippen molar-refractivity contribution in [2.45, 2.75) is 19.0 Å². The Hall–Kier alpha value is -0.470. The maximum Gasteiger partial charge on any atom is 0.279 e. The van der Waals surface area contributed by atoms with Crippen LogP contribution in [0.2, 0.25) is 0 Å². The summed E-state index contributed by atoms with van der Waals surface area (Å²) in [6.45, 7) is 3.39. The highest BCUT2D eigenvalue weighted by Gasteiger charge is 2.31. The van der Waals surface area contributed by atoms with E-state index in [1.807, 2.05) is 0 Å². The fraction of sp³-hybridized carbons (Fsp3) is 0.600. The Kier molecular flexibility index (Phi) is 2.07. The molecule has 0 fully saturated rings. The van der Waals surface area contributed by atoms with Crippen molar-refractivity contribution in [1.29, 1.82) is 0 Å². The fourth-order valence-corrected chi connectivity index (χ4v) is 0.207. The van der Waals surface area contributed by atoms with Gasteiger partial charge in [0.15, 0.2) is 6.17 Å². The third-order valence-corrected chi connectivity index (χ3v) is 0.691. The van der Waals surface area contributed by atoms with Crippen LogP contribution in [0.1, 0.15) is 6.92 Å². The standard InChI is InChI=1S/C5H7F3/c1-3-4(6)5(2,7)8/h3-4H,1H2,2H3. The van der Waals surface area contributed by atoms with E-state index in [2.05, 4.69) is 6.58 Å². The van der Waals surface area contributed by atoms with Gasteiger partial charge in [0.1, 0.15) is 0 Å². The predicted molar refractivity (Wildman–Crippen MR) is 25.7 cm³/mol. The molecule has 0 amide bonds. The van der Waals surface area contributed by atoms with Gasteiger partial charge in [0.05, 0.1) is 0 Å². The molecule has 0 saturated carbocycles. The summed E-state index contributed by atoms with van der Waals surface area (Å²) in [6.07, 6.45) is -1.64. The maximum absolute atomic E-state index is 11.8. The molecule has 0 nitrogen and oxygen atoms in total. The summed E-state index contributed by atoms with van der Waals surface area (Å²) in [4.78, 5) is 0. The summed E-state index contributed by atoms with van der Waals surface area (Å²) < 4.78 is 35.1. The Labute approximate surface area is 46.0 Å². The summed E-state index contributed by atoms with van der Waals surface area (Å²) in [5.41, 5.74) is 0. The van der Waals surface area contributed by atoms with E-state index in [0.717, 1.165) is 0 Å². The van der Waals surface area contributed by atoms with E-state index >= 15 is 0 Å². The molecule has 8 heavy (non-hydrogen) atoms. The molecule has 0 aliphatic heterocycles. The molecule has 3 heteroatoms. The van der Waals surface area contributed by atoms with Gasteiger partial charge in [-0.3, -0.25) is 0 Å². The van der Waals surface area contributed by atoms with Gasteiger partial charge in [-0.2, -0.15) is 0 Å². The van der Waals surface area contributed by atoms with Crippen LogP contribution in [0.4, 0.5) is 13.2 Å². The van der Waals surface area contributed by atoms with Crippen molar-refractivity contribution in [3.8, 4) is 0 Å². The van der Waals surface area contributed by atoms with E-state index in [1.54, 1.807) is 0 Å². The van der Waals surface area contributed by atoms with Gasteiger partial charge in [0.2, 0.25) is 0 Å². The summed E-state index contributed by atoms with van der Waals surface area (Å²) in [5.74, 6) is -3.28. The van der Waals surface area contributed by atoms with Crippen molar-refractivity contribution >= 4 is 0 Å². The number of allylic oxidation sites excluding steroid dienone is 1. The van der Waals surface area contributed by atoms with Crippen LogP contribution in [0.15, 0.2) is 12.7 Å². The highest BCUT2D eigenvalue weighted by Crippen LogP contribution is 2.20. The molecule has 1 atom stereocenters. The lowest BCUT2D eigenvalue weighted by Gasteiger charge is -2.10. The first-order valence-electron chi connectivity index (χ1n) is 2.13. The van der Waals surface area contributed by atoms with E-state index in [0.29, 0.717) is 13.0 Å². The van der Waals surface area contributed by atoms with E-state index in [1.165, 1.54) is 0 Å². The van der Waals surface area contributed by atoms with Gasteiger partial charge >= 0.3 is 0 Å². The first-order chi connectivity index (χ1) is 3.48. The molecule has 0 radical (unpaired) electrons. The van der Waals surface area contributed by atoms with E-state index in [4.69, 9.17) is 0 Å². The Morgan fingerprint density at radius 2 is 2.00 bits per heavy atom. The normalized spacial score (nSPS) is 15.5. The molecule has 0 aliphatic rings. The minimum absolute atomic E-state index is 0.513. The molecule has 0 heterocycles. The second kappa shape index (κ2) is 2.20. The number of rotatable bonds is 2. The first kappa shape index (κ1) is 7.53. The van der Waals surface area contributed by atoms with E-state index in [-0.39, 0.29) is 0 Å². The lowest BCUT2D eigenvalue weighted by atomic mass is 10.2. The monoisotopic (exact) mass is 124 g/mol. The topological polar surface area (TPSA) is 0 Å². The maximum atomic E-state index is 11.8. The van der Waals surface area contributed by atoms with Crippen molar-refractivity contribution in [2.24, 2.45) is 0 Å². The largest absolute Gasteiger partial charge is 0.279 e. The van der Waals surface area contributed by atoms with Gasteiger partial charge in [-0.1, -0.05) is 12.7 Å². The number of hydrogen-bond acceptors (Lipinski definition) is 0. The molecule has 0 rings (SSSR count). The van der Waals surface area contributed by atoms with Crippen molar-refractivity contribution < 1.29 is 13.2 Å². The Balaban J connectivity index is 3.80. The van der Waals surface area contributed by atoms with Gasteiger partial charge in [-0.25, -0.2) is 13.2 Å². The highest BCUT2D eigenvalue weighted by atomic mass is 19.3. The Morgan fingerprint density at radius 3 is 2.00 bits per heavy atom. The highest BCUT2D eigenvalue weighted by molar-refractivity contribution is 4.87. The molecular weight excluding hydrogens is 117 g/mol. The zero-order chi connectivity index (χ0) is 6.78. The van der Waals surface area contributed by atoms with Crippen LogP contribution in [-0.2, 0) is 0 Å². The molecule has 0 N–H and O–H groups in total. The van der Waals surface area contributed by atoms with Crippen LogP contribution < -0.4 is 0 Å². The molecule has 1 unspecified atom stereocenters. The zero-order valence-corrected chi connectivity index (χ0v) is 4.50. The van der Waals surface area contributed by atoms with Gasteiger partial charge in [-0.15, -0.1) is 0 Å². The lowest BCUT2D eigenvalue weighted by molar-refractivity contribution is -0.0349. The number of halogens is 3. The van der Waals surface area contributed by atoms with Crippen LogP contribution in [0.25, 0.3) is 0 Å². The zero-order valence-electron chi connectivity index (χ0n) is 4.50. The van der Waals surface area contributed by atoms with Crippen molar-refractivity contribution in [3.05, 3.63) is 12.7 Å². The minimum atomic E-state index is -3.28. The van der Waals surface area contributed by atoms with E-state index in [9.17, 15) is 13.2 Å². The van der Waals surface area contributed by atoms with Crippen LogP contribution in [-0.4, -0.2) is 12.1 Å². The molecule has 0 aromatic heterocycles. The quantitative estimate of drug-likeness (QED) is 0.495. The molecular formula is C5H7F3. The van der Waals surface area contributed by atoms with Gasteiger partial charge in [-0.05, 0) is 0 Å². The van der Waals surface area contributed by atoms with Crippen molar-refractivity contribution in [1.82, 2.24) is 0 Å². The lowest BCUT2D eigenvalue weighted by Crippen LogP contribution is -2.23. The van der Waals surface area contributed by atoms with Crippen LogP contribution >= 0.6 is 0 Å². The molecule has 0 aromatic rings. The molecule has 0 aromatic carbocycles. The smallest absolute Gasteiger partial charge is 0.236 e. The average Bonchev–Trinajstić information content (AvgIpc) is 1.62. The molecule has 0 spiro atoms. The van der Waals surface area contributed by atoms with Crippen LogP contribution in [0, 0.1) is 0 Å². The molecule has 0 saturated heterocycles. The first-order valence-corrected chi connectivity index (χ1v) is 2.13. The third-order valence-electron chi connectivity index (χ3n) is 0.691. The van der Waals surface area contributed by atoms with Crippen LogP contribution in [0.5, 0.6) is 0 Å². The summed E-state index contributed by atoms with van der Waals surface area (Å²) in [6, 6.07) is 0. The predicted octanol–water partition coefficient (Wildman–Crippen LogP) is 2.17. The number of hydrogen-bond donors (Lipinski definition) is 0. The SMILES string of the molecule is C=CC(F)C(C)(F)F. The average molecular weight is 124 g/mol. The fourth-order valence-electron chi connectivity index (χ4n) is 0.207. The number of alkyl halides is 3. The molecule has 48 valence electrons. The molecule has 0 aliphatic carbocycles. The molecule has 0 bridgehead atoms. The van der Waals surface area contributed by atoms with E-state index < -0.39 is 12.1 Å². The van der Waals surface area contributed by atoms with Gasteiger partial charge in [0.25, 0.3) is 5.92 Å². The van der Waals surface area contributed by atoms with Crippen molar-refractivity contribution in [2.75, 3.05) is 0 Å². The van der Waals surface area contributed by atoms with Crippen molar-refractivity contribution in [3.63, 3.8) is 0 Å². The summed E-state index contributed by atoms with van der Waals surface area (Å²) in [5, 5.41) is 0. The second-order valence-corrected chi connectivity index (χ2v) is 1.59. The third kappa shape index (κ3) is 2.00. The van der Waals surface area contributed by atoms with Crippen LogP contribution in [0.3, 0.4) is 0 Å². The minimum Gasteiger partial charge on any atom is -0.236 e. The Morgan fingerprint density at radius 1 is 1.62 bits per heavy atom. The summed E-state index contributed by atoms with van der Waals surface area (Å²) >= 11 is 0.